The van der Waals surface area contributed by atoms with Gasteiger partial charge < -0.3 is 15.6 Å². The van der Waals surface area contributed by atoms with Gasteiger partial charge in [0, 0.05) is 6.20 Å². The molecule has 0 aromatic carbocycles. The highest BCUT2D eigenvalue weighted by Crippen LogP contribution is 2.26. The molecule has 1 heterocycles. The number of pyridine rings is 1. The zero-order valence-corrected chi connectivity index (χ0v) is 8.74. The minimum atomic E-state index is -4.33. The summed E-state index contributed by atoms with van der Waals surface area (Å²) in [6.45, 7) is -1.60. The van der Waals surface area contributed by atoms with Crippen molar-refractivity contribution < 1.29 is 32.2 Å². The lowest BCUT2D eigenvalue weighted by atomic mass is 10.2. The van der Waals surface area contributed by atoms with Crippen molar-refractivity contribution in [2.75, 3.05) is 12.3 Å². The molecule has 1 aromatic heterocycles. The molecule has 100 valence electrons. The summed E-state index contributed by atoms with van der Waals surface area (Å²) in [7, 11) is 0. The summed E-state index contributed by atoms with van der Waals surface area (Å²) in [6, 6.07) is 0.922. The number of carboxylic acid groups (broad SMARTS) is 1. The van der Waals surface area contributed by atoms with Gasteiger partial charge in [0.2, 0.25) is 5.88 Å². The van der Waals surface area contributed by atoms with Crippen LogP contribution in [0.25, 0.3) is 0 Å². The van der Waals surface area contributed by atoms with Crippen molar-refractivity contribution in [3.63, 3.8) is 0 Å². The Morgan fingerprint density at radius 1 is 1.56 bits per heavy atom. The van der Waals surface area contributed by atoms with Gasteiger partial charge in [-0.3, -0.25) is 0 Å². The van der Waals surface area contributed by atoms with E-state index in [4.69, 9.17) is 10.8 Å². The van der Waals surface area contributed by atoms with Crippen molar-refractivity contribution in [3.8, 4) is 5.88 Å². The summed E-state index contributed by atoms with van der Waals surface area (Å²) >= 11 is 0. The molecule has 9 heteroatoms. The first-order chi connectivity index (χ1) is 8.24. The van der Waals surface area contributed by atoms with Crippen molar-refractivity contribution >= 4 is 11.7 Å². The highest BCUT2D eigenvalue weighted by molar-refractivity contribution is 5.88. The first kappa shape index (κ1) is 14.0. The van der Waals surface area contributed by atoms with E-state index in [1.165, 1.54) is 0 Å². The summed E-state index contributed by atoms with van der Waals surface area (Å²) in [5, 5.41) is 8.58. The van der Waals surface area contributed by atoms with Gasteiger partial charge in [0.05, 0.1) is 11.3 Å². The molecule has 18 heavy (non-hydrogen) atoms. The molecule has 0 atom stereocenters. The molecular weight excluding hydrogens is 260 g/mol. The summed E-state index contributed by atoms with van der Waals surface area (Å²) in [4.78, 5) is 13.9. The molecule has 0 aliphatic carbocycles. The number of carboxylic acids is 1. The number of halogens is 4. The van der Waals surface area contributed by atoms with Gasteiger partial charge in [-0.15, -0.1) is 0 Å². The summed E-state index contributed by atoms with van der Waals surface area (Å²) in [6.07, 6.45) is -3.06. The molecule has 1 rings (SSSR count). The number of alkyl halides is 4. The highest BCUT2D eigenvalue weighted by Gasteiger charge is 2.42. The monoisotopic (exact) mass is 268 g/mol. The Balaban J connectivity index is 2.78. The fourth-order valence-corrected chi connectivity index (χ4v) is 0.934. The lowest BCUT2D eigenvalue weighted by Gasteiger charge is -2.16. The van der Waals surface area contributed by atoms with Gasteiger partial charge in [0.15, 0.2) is 6.61 Å². The number of nitrogen functional groups attached to an aromatic ring is 1. The number of aromatic carboxylic acids is 1. The number of nitrogens with zero attached hydrogens (tertiary/aromatic N) is 1. The normalized spacial score (nSPS) is 11.6. The summed E-state index contributed by atoms with van der Waals surface area (Å²) < 4.78 is 53.1. The second-order valence-corrected chi connectivity index (χ2v) is 3.27. The maximum atomic E-state index is 12.5. The van der Waals surface area contributed by atoms with Crippen LogP contribution in [-0.2, 0) is 0 Å². The molecule has 0 radical (unpaired) electrons. The van der Waals surface area contributed by atoms with Crippen LogP contribution in [0.2, 0.25) is 0 Å². The molecule has 0 saturated heterocycles. The average molecular weight is 268 g/mol. The smallest absolute Gasteiger partial charge is 0.340 e. The SMILES string of the molecule is Nc1cc(C(=O)O)cnc1OCC(F)(F)C(F)F. The Morgan fingerprint density at radius 2 is 2.17 bits per heavy atom. The number of nitrogens with two attached hydrogens (primary N) is 1. The van der Waals surface area contributed by atoms with Gasteiger partial charge in [-0.25, -0.2) is 18.6 Å². The molecular formula is C9H8F4N2O3. The number of aromatic nitrogens is 1. The van der Waals surface area contributed by atoms with Crippen LogP contribution < -0.4 is 10.5 Å². The van der Waals surface area contributed by atoms with E-state index < -0.39 is 30.8 Å². The number of rotatable bonds is 5. The van der Waals surface area contributed by atoms with Crippen molar-refractivity contribution in [2.45, 2.75) is 12.3 Å². The van der Waals surface area contributed by atoms with E-state index in [2.05, 4.69) is 9.72 Å². The Bertz CT molecular complexity index is 453. The van der Waals surface area contributed by atoms with Crippen LogP contribution >= 0.6 is 0 Å². The van der Waals surface area contributed by atoms with Crippen molar-refractivity contribution in [3.05, 3.63) is 17.8 Å². The van der Waals surface area contributed by atoms with Gasteiger partial charge >= 0.3 is 18.3 Å². The van der Waals surface area contributed by atoms with E-state index in [-0.39, 0.29) is 11.3 Å². The molecule has 0 fully saturated rings. The third-order valence-electron chi connectivity index (χ3n) is 1.85. The van der Waals surface area contributed by atoms with Crippen LogP contribution in [0.3, 0.4) is 0 Å². The molecule has 0 aliphatic heterocycles. The maximum Gasteiger partial charge on any atom is 0.340 e. The Hall–Kier alpha value is -2.06. The van der Waals surface area contributed by atoms with Gasteiger partial charge in [-0.05, 0) is 6.07 Å². The third kappa shape index (κ3) is 3.22. The molecule has 0 unspecified atom stereocenters. The van der Waals surface area contributed by atoms with Crippen molar-refractivity contribution in [2.24, 2.45) is 0 Å². The van der Waals surface area contributed by atoms with E-state index >= 15 is 0 Å². The third-order valence-corrected chi connectivity index (χ3v) is 1.85. The number of hydrogen-bond acceptors (Lipinski definition) is 4. The lowest BCUT2D eigenvalue weighted by molar-refractivity contribution is -0.148. The number of hydrogen-bond donors (Lipinski definition) is 2. The number of carbonyl (C=O) groups is 1. The molecule has 0 spiro atoms. The quantitative estimate of drug-likeness (QED) is 0.793. The standard InChI is InChI=1S/C9H8F4N2O3/c10-8(11)9(12,13)3-18-6-5(14)1-4(2-15-6)7(16)17/h1-2,8H,3,14H2,(H,16,17). The number of anilines is 1. The molecule has 1 aromatic rings. The highest BCUT2D eigenvalue weighted by atomic mass is 19.3. The van der Waals surface area contributed by atoms with E-state index in [0.717, 1.165) is 12.3 Å². The average Bonchev–Trinajstić information content (AvgIpc) is 2.26. The summed E-state index contributed by atoms with van der Waals surface area (Å²) in [5.41, 5.74) is 4.67. The van der Waals surface area contributed by atoms with Crippen LogP contribution in [-0.4, -0.2) is 35.0 Å². The topological polar surface area (TPSA) is 85.4 Å². The molecule has 0 aliphatic rings. The van der Waals surface area contributed by atoms with Crippen molar-refractivity contribution in [1.82, 2.24) is 4.98 Å². The lowest BCUT2D eigenvalue weighted by Crippen LogP contribution is -2.34. The first-order valence-electron chi connectivity index (χ1n) is 4.51. The van der Waals surface area contributed by atoms with Crippen molar-refractivity contribution in [1.29, 1.82) is 0 Å². The zero-order chi connectivity index (χ0) is 13.9. The largest absolute Gasteiger partial charge is 0.478 e. The van der Waals surface area contributed by atoms with E-state index in [1.807, 2.05) is 0 Å². The summed E-state index contributed by atoms with van der Waals surface area (Å²) in [5.74, 6) is -6.18. The molecule has 3 N–H and O–H groups in total. The van der Waals surface area contributed by atoms with Gasteiger partial charge in [-0.2, -0.15) is 8.78 Å². The van der Waals surface area contributed by atoms with Crippen LogP contribution in [0.5, 0.6) is 5.88 Å². The van der Waals surface area contributed by atoms with E-state index in [0.29, 0.717) is 0 Å². The Morgan fingerprint density at radius 3 is 2.61 bits per heavy atom. The zero-order valence-electron chi connectivity index (χ0n) is 8.74. The van der Waals surface area contributed by atoms with Gasteiger partial charge in [0.1, 0.15) is 0 Å². The van der Waals surface area contributed by atoms with Crippen LogP contribution in [0.4, 0.5) is 23.2 Å². The number of ether oxygens (including phenoxy) is 1. The van der Waals surface area contributed by atoms with Crippen LogP contribution in [0, 0.1) is 0 Å². The minimum absolute atomic E-state index is 0.277. The maximum absolute atomic E-state index is 12.5. The predicted octanol–water partition coefficient (Wildman–Crippen LogP) is 1.64. The fraction of sp³-hybridized carbons (Fsp3) is 0.333. The minimum Gasteiger partial charge on any atom is -0.478 e. The predicted molar refractivity (Wildman–Crippen MR) is 52.1 cm³/mol. The molecule has 5 nitrogen and oxygen atoms in total. The van der Waals surface area contributed by atoms with Gasteiger partial charge in [0.25, 0.3) is 0 Å². The fourth-order valence-electron chi connectivity index (χ4n) is 0.934. The molecule has 0 saturated carbocycles. The van der Waals surface area contributed by atoms with E-state index in [9.17, 15) is 22.4 Å². The van der Waals surface area contributed by atoms with Gasteiger partial charge in [-0.1, -0.05) is 0 Å². The van der Waals surface area contributed by atoms with Crippen LogP contribution in [0.15, 0.2) is 12.3 Å². The Labute approximate surface area is 98.2 Å². The van der Waals surface area contributed by atoms with E-state index in [1.54, 1.807) is 0 Å². The first-order valence-corrected chi connectivity index (χ1v) is 4.51. The Kier molecular flexibility index (Phi) is 3.94. The molecule has 0 bridgehead atoms. The molecule has 0 amide bonds. The van der Waals surface area contributed by atoms with Crippen LogP contribution in [0.1, 0.15) is 10.4 Å². The second kappa shape index (κ2) is 5.07. The second-order valence-electron chi connectivity index (χ2n) is 3.27.